The Morgan fingerprint density at radius 3 is 2.61 bits per heavy atom. The van der Waals surface area contributed by atoms with E-state index in [0.29, 0.717) is 12.2 Å². The number of hydrogen-bond acceptors (Lipinski definition) is 6. The average Bonchev–Trinajstić information content (AvgIpc) is 2.91. The summed E-state index contributed by atoms with van der Waals surface area (Å²) >= 11 is 4.90. The zero-order chi connectivity index (χ0) is 17.2. The summed E-state index contributed by atoms with van der Waals surface area (Å²) in [6, 6.07) is 5.81. The number of nitrogens with zero attached hydrogens (tertiary/aromatic N) is 2. The second kappa shape index (κ2) is 6.95. The molecule has 0 saturated heterocycles. The highest BCUT2D eigenvalue weighted by Gasteiger charge is 2.22. The smallest absolute Gasteiger partial charge is 0.293 e. The molecule has 124 valence electrons. The van der Waals surface area contributed by atoms with Crippen molar-refractivity contribution in [1.29, 1.82) is 0 Å². The van der Waals surface area contributed by atoms with Gasteiger partial charge in [0.1, 0.15) is 5.69 Å². The predicted molar refractivity (Wildman–Crippen MR) is 93.5 cm³/mol. The largest absolute Gasteiger partial charge is 0.365 e. The van der Waals surface area contributed by atoms with Crippen LogP contribution in [-0.4, -0.2) is 27.4 Å². The number of anilines is 1. The quantitative estimate of drug-likeness (QED) is 0.573. The van der Waals surface area contributed by atoms with Gasteiger partial charge in [-0.1, -0.05) is 0 Å². The highest BCUT2D eigenvalue weighted by molar-refractivity contribution is 9.11. The van der Waals surface area contributed by atoms with Crippen LogP contribution in [0.3, 0.4) is 0 Å². The molecule has 0 spiro atoms. The number of benzene rings is 1. The Morgan fingerprint density at radius 1 is 1.39 bits per heavy atom. The van der Waals surface area contributed by atoms with E-state index in [1.54, 1.807) is 11.9 Å². The maximum atomic E-state index is 11.8. The van der Waals surface area contributed by atoms with E-state index in [-0.39, 0.29) is 10.6 Å². The van der Waals surface area contributed by atoms with E-state index in [9.17, 15) is 18.5 Å². The number of halogens is 1. The second-order valence-electron chi connectivity index (χ2n) is 4.73. The molecule has 0 radical (unpaired) electrons. The molecule has 2 rings (SSSR count). The Bertz CT molecular complexity index is 835. The second-order valence-corrected chi connectivity index (χ2v) is 8.91. The van der Waals surface area contributed by atoms with Crippen molar-refractivity contribution in [2.75, 3.05) is 19.0 Å². The number of sulfonamides is 1. The molecule has 1 heterocycles. The molecule has 2 aromatic rings. The maximum Gasteiger partial charge on any atom is 0.293 e. The van der Waals surface area contributed by atoms with Crippen molar-refractivity contribution >= 4 is 48.7 Å². The zero-order valence-corrected chi connectivity index (χ0v) is 15.5. The maximum absolute atomic E-state index is 11.8. The lowest BCUT2D eigenvalue weighted by atomic mass is 10.2. The van der Waals surface area contributed by atoms with Crippen molar-refractivity contribution in [3.8, 4) is 0 Å². The lowest BCUT2D eigenvalue weighted by molar-refractivity contribution is -0.384. The fourth-order valence-electron chi connectivity index (χ4n) is 2.05. The predicted octanol–water partition coefficient (Wildman–Crippen LogP) is 2.96. The van der Waals surface area contributed by atoms with E-state index in [1.807, 2.05) is 11.4 Å². The molecule has 10 heteroatoms. The summed E-state index contributed by atoms with van der Waals surface area (Å²) in [6.07, 6.45) is 0. The minimum absolute atomic E-state index is 0.137. The topological polar surface area (TPSA) is 92.6 Å². The normalized spacial score (nSPS) is 11.4. The molecule has 0 aliphatic carbocycles. The SMILES string of the molecule is CNS(=O)(=O)c1ccc(N(C)Cc2csc(Br)c2)c([N+](=O)[O-])c1. The van der Waals surface area contributed by atoms with Crippen molar-refractivity contribution in [3.63, 3.8) is 0 Å². The van der Waals surface area contributed by atoms with Gasteiger partial charge < -0.3 is 4.90 Å². The highest BCUT2D eigenvalue weighted by atomic mass is 79.9. The first-order valence-corrected chi connectivity index (χ1v) is 9.56. The van der Waals surface area contributed by atoms with Crippen molar-refractivity contribution in [2.45, 2.75) is 11.4 Å². The lowest BCUT2D eigenvalue weighted by Crippen LogP contribution is -2.20. The minimum atomic E-state index is -3.73. The van der Waals surface area contributed by atoms with Crippen LogP contribution >= 0.6 is 27.3 Å². The molecule has 23 heavy (non-hydrogen) atoms. The van der Waals surface area contributed by atoms with E-state index in [2.05, 4.69) is 20.7 Å². The van der Waals surface area contributed by atoms with E-state index in [1.165, 1.54) is 30.5 Å². The minimum Gasteiger partial charge on any atom is -0.365 e. The summed E-state index contributed by atoms with van der Waals surface area (Å²) in [5, 5.41) is 13.3. The van der Waals surface area contributed by atoms with Gasteiger partial charge in [-0.3, -0.25) is 10.1 Å². The average molecular weight is 420 g/mol. The van der Waals surface area contributed by atoms with Gasteiger partial charge in [0, 0.05) is 19.7 Å². The van der Waals surface area contributed by atoms with Crippen LogP contribution in [-0.2, 0) is 16.6 Å². The Balaban J connectivity index is 2.39. The molecule has 0 aliphatic heterocycles. The molecule has 1 N–H and O–H groups in total. The third-order valence-corrected chi connectivity index (χ3v) is 6.14. The van der Waals surface area contributed by atoms with E-state index < -0.39 is 14.9 Å². The number of rotatable bonds is 6. The fourth-order valence-corrected chi connectivity index (χ4v) is 4.00. The third-order valence-electron chi connectivity index (χ3n) is 3.18. The third kappa shape index (κ3) is 4.08. The molecular weight excluding hydrogens is 406 g/mol. The summed E-state index contributed by atoms with van der Waals surface area (Å²) in [4.78, 5) is 12.3. The Labute approximate surface area is 146 Å². The summed E-state index contributed by atoms with van der Waals surface area (Å²) in [6.45, 7) is 0.473. The van der Waals surface area contributed by atoms with Crippen molar-refractivity contribution in [1.82, 2.24) is 4.72 Å². The van der Waals surface area contributed by atoms with Gasteiger partial charge in [-0.15, -0.1) is 11.3 Å². The van der Waals surface area contributed by atoms with Gasteiger partial charge in [0.2, 0.25) is 10.0 Å². The monoisotopic (exact) mass is 419 g/mol. The van der Waals surface area contributed by atoms with Crippen LogP contribution in [0.2, 0.25) is 0 Å². The molecule has 0 atom stereocenters. The Kier molecular flexibility index (Phi) is 5.40. The van der Waals surface area contributed by atoms with Crippen molar-refractivity contribution in [2.24, 2.45) is 0 Å². The van der Waals surface area contributed by atoms with E-state index in [4.69, 9.17) is 0 Å². The first-order valence-electron chi connectivity index (χ1n) is 6.40. The molecule has 1 aromatic carbocycles. The number of nitro groups is 1. The highest BCUT2D eigenvalue weighted by Crippen LogP contribution is 2.31. The van der Waals surface area contributed by atoms with Crippen LogP contribution in [0.25, 0.3) is 0 Å². The molecule has 7 nitrogen and oxygen atoms in total. The van der Waals surface area contributed by atoms with Gasteiger partial charge in [0.15, 0.2) is 0 Å². The van der Waals surface area contributed by atoms with E-state index in [0.717, 1.165) is 15.4 Å². The van der Waals surface area contributed by atoms with Gasteiger partial charge in [-0.25, -0.2) is 13.1 Å². The standard InChI is InChI=1S/C13H14BrN3O4S2/c1-15-23(20,21)10-3-4-11(12(6-10)17(18)19)16(2)7-9-5-13(14)22-8-9/h3-6,8,15H,7H2,1-2H3. The first kappa shape index (κ1) is 17.9. The zero-order valence-electron chi connectivity index (χ0n) is 12.3. The molecular formula is C13H14BrN3O4S2. The molecule has 0 amide bonds. The van der Waals surface area contributed by atoms with Gasteiger partial charge in [0.05, 0.1) is 13.6 Å². The van der Waals surface area contributed by atoms with Gasteiger partial charge in [-0.2, -0.15) is 0 Å². The van der Waals surface area contributed by atoms with Crippen LogP contribution in [0.5, 0.6) is 0 Å². The summed E-state index contributed by atoms with van der Waals surface area (Å²) in [5.74, 6) is 0. The van der Waals surface area contributed by atoms with Crippen LogP contribution < -0.4 is 9.62 Å². The molecule has 0 fully saturated rings. The summed E-state index contributed by atoms with van der Waals surface area (Å²) < 4.78 is 26.7. The Morgan fingerprint density at radius 2 is 2.09 bits per heavy atom. The number of hydrogen-bond donors (Lipinski definition) is 1. The van der Waals surface area contributed by atoms with Gasteiger partial charge >= 0.3 is 0 Å². The van der Waals surface area contributed by atoms with Crippen LogP contribution in [0.1, 0.15) is 5.56 Å². The number of nitrogens with one attached hydrogen (secondary N) is 1. The molecule has 0 bridgehead atoms. The molecule has 0 saturated carbocycles. The summed E-state index contributed by atoms with van der Waals surface area (Å²) in [7, 11) is -0.748. The lowest BCUT2D eigenvalue weighted by Gasteiger charge is -2.19. The fraction of sp³-hybridized carbons (Fsp3) is 0.231. The van der Waals surface area contributed by atoms with Crippen molar-refractivity contribution in [3.05, 3.63) is 49.1 Å². The number of nitro benzene ring substituents is 1. The van der Waals surface area contributed by atoms with Crippen LogP contribution in [0, 0.1) is 10.1 Å². The number of thiophene rings is 1. The van der Waals surface area contributed by atoms with E-state index >= 15 is 0 Å². The van der Waals surface area contributed by atoms with Crippen molar-refractivity contribution < 1.29 is 13.3 Å². The van der Waals surface area contributed by atoms with Crippen LogP contribution in [0.15, 0.2) is 38.3 Å². The molecule has 0 aliphatic rings. The van der Waals surface area contributed by atoms with Crippen LogP contribution in [0.4, 0.5) is 11.4 Å². The first-order chi connectivity index (χ1) is 10.7. The van der Waals surface area contributed by atoms with Gasteiger partial charge in [0.25, 0.3) is 5.69 Å². The summed E-state index contributed by atoms with van der Waals surface area (Å²) in [5.41, 5.74) is 1.11. The van der Waals surface area contributed by atoms with Gasteiger partial charge in [-0.05, 0) is 52.1 Å². The molecule has 0 unspecified atom stereocenters. The molecule has 1 aromatic heterocycles. The Hall–Kier alpha value is -1.49.